The van der Waals surface area contributed by atoms with Gasteiger partial charge < -0.3 is 20.1 Å². The minimum absolute atomic E-state index is 0.115. The van der Waals surface area contributed by atoms with Gasteiger partial charge in [0, 0.05) is 18.7 Å². The molecule has 2 aliphatic heterocycles. The number of ether oxygens (including phenoxy) is 2. The van der Waals surface area contributed by atoms with Crippen molar-refractivity contribution in [1.29, 1.82) is 0 Å². The van der Waals surface area contributed by atoms with Gasteiger partial charge in [0.2, 0.25) is 0 Å². The maximum atomic E-state index is 6.08. The third-order valence-electron chi connectivity index (χ3n) is 4.69. The monoisotopic (exact) mass is 351 g/mol. The number of rotatable bonds is 6. The molecule has 2 N–H and O–H groups in total. The molecule has 1 aromatic carbocycles. The first-order valence-electron chi connectivity index (χ1n) is 8.68. The van der Waals surface area contributed by atoms with Crippen molar-refractivity contribution in [2.45, 2.75) is 50.5 Å². The molecule has 2 fully saturated rings. The molecule has 24 heavy (non-hydrogen) atoms. The second-order valence-corrected chi connectivity index (χ2v) is 6.80. The molecule has 0 radical (unpaired) electrons. The third-order valence-corrected chi connectivity index (χ3v) is 4.93. The van der Waals surface area contributed by atoms with Crippen molar-refractivity contribution >= 4 is 17.6 Å². The predicted octanol–water partition coefficient (Wildman–Crippen LogP) is 2.90. The zero-order chi connectivity index (χ0) is 16.9. The van der Waals surface area contributed by atoms with E-state index in [4.69, 9.17) is 26.1 Å². The van der Waals surface area contributed by atoms with E-state index < -0.39 is 0 Å². The van der Waals surface area contributed by atoms with E-state index in [1.54, 1.807) is 7.11 Å². The van der Waals surface area contributed by atoms with E-state index in [0.717, 1.165) is 30.9 Å². The molecule has 3 rings (SSSR count). The van der Waals surface area contributed by atoms with Crippen molar-refractivity contribution in [3.05, 3.63) is 34.9 Å². The van der Waals surface area contributed by atoms with Crippen LogP contribution < -0.4 is 10.6 Å². The van der Waals surface area contributed by atoms with Crippen LogP contribution in [0.1, 0.15) is 37.9 Å². The number of hydrogen-bond acceptors (Lipinski definition) is 3. The summed E-state index contributed by atoms with van der Waals surface area (Å²) in [6.45, 7) is 3.43. The minimum Gasteiger partial charge on any atom is -0.375 e. The molecule has 4 atom stereocenters. The summed E-state index contributed by atoms with van der Waals surface area (Å²) in [4.78, 5) is 4.71. The first kappa shape index (κ1) is 17.5. The average Bonchev–Trinajstić information content (AvgIpc) is 3.18. The molecule has 4 unspecified atom stereocenters. The van der Waals surface area contributed by atoms with Gasteiger partial charge in [-0.3, -0.25) is 4.99 Å². The van der Waals surface area contributed by atoms with Gasteiger partial charge in [-0.1, -0.05) is 23.7 Å². The van der Waals surface area contributed by atoms with E-state index in [9.17, 15) is 0 Å². The summed E-state index contributed by atoms with van der Waals surface area (Å²) in [7, 11) is 1.70. The van der Waals surface area contributed by atoms with Crippen LogP contribution in [0.15, 0.2) is 29.3 Å². The number of guanidine groups is 1. The van der Waals surface area contributed by atoms with Crippen LogP contribution in [0.5, 0.6) is 0 Å². The Morgan fingerprint density at radius 3 is 2.96 bits per heavy atom. The summed E-state index contributed by atoms with van der Waals surface area (Å²) < 4.78 is 11.5. The highest BCUT2D eigenvalue weighted by Crippen LogP contribution is 2.34. The SMILES string of the molecule is CCNC(=NCC(OC)c1cccc(Cl)c1)NC1CC2CCC1O2. The van der Waals surface area contributed by atoms with Crippen LogP contribution in [0.3, 0.4) is 0 Å². The molecular formula is C18H26ClN3O2. The highest BCUT2D eigenvalue weighted by atomic mass is 35.5. The minimum atomic E-state index is -0.115. The Balaban J connectivity index is 1.63. The Kier molecular flexibility index (Phi) is 5.98. The van der Waals surface area contributed by atoms with Gasteiger partial charge in [-0.2, -0.15) is 0 Å². The summed E-state index contributed by atoms with van der Waals surface area (Å²) in [6.07, 6.45) is 4.04. The lowest BCUT2D eigenvalue weighted by molar-refractivity contribution is 0.0991. The predicted molar refractivity (Wildman–Crippen MR) is 96.6 cm³/mol. The summed E-state index contributed by atoms with van der Waals surface area (Å²) >= 11 is 6.08. The van der Waals surface area contributed by atoms with E-state index in [0.29, 0.717) is 29.8 Å². The number of nitrogens with zero attached hydrogens (tertiary/aromatic N) is 1. The van der Waals surface area contributed by atoms with E-state index >= 15 is 0 Å². The summed E-state index contributed by atoms with van der Waals surface area (Å²) in [5.74, 6) is 0.822. The molecule has 132 valence electrons. The van der Waals surface area contributed by atoms with Gasteiger partial charge in [-0.15, -0.1) is 0 Å². The molecule has 2 saturated heterocycles. The zero-order valence-corrected chi connectivity index (χ0v) is 15.1. The van der Waals surface area contributed by atoms with E-state index in [1.165, 1.54) is 6.42 Å². The van der Waals surface area contributed by atoms with Gasteiger partial charge in [-0.25, -0.2) is 0 Å². The van der Waals surface area contributed by atoms with Crippen LogP contribution in [0.2, 0.25) is 5.02 Å². The number of benzene rings is 1. The van der Waals surface area contributed by atoms with Gasteiger partial charge in [0.15, 0.2) is 5.96 Å². The molecule has 6 heteroatoms. The number of nitrogens with one attached hydrogen (secondary N) is 2. The number of halogens is 1. The number of hydrogen-bond donors (Lipinski definition) is 2. The molecule has 0 amide bonds. The first-order valence-corrected chi connectivity index (χ1v) is 9.06. The average molecular weight is 352 g/mol. The molecule has 2 aliphatic rings. The Morgan fingerprint density at radius 1 is 1.46 bits per heavy atom. The first-order chi connectivity index (χ1) is 11.7. The summed E-state index contributed by atoms with van der Waals surface area (Å²) in [6, 6.07) is 8.09. The smallest absolute Gasteiger partial charge is 0.191 e. The highest BCUT2D eigenvalue weighted by molar-refractivity contribution is 6.30. The van der Waals surface area contributed by atoms with E-state index in [1.807, 2.05) is 24.3 Å². The normalized spacial score (nSPS) is 27.3. The van der Waals surface area contributed by atoms with E-state index in [-0.39, 0.29) is 6.10 Å². The molecule has 2 heterocycles. The Hall–Kier alpha value is -1.30. The second-order valence-electron chi connectivity index (χ2n) is 6.36. The highest BCUT2D eigenvalue weighted by Gasteiger charge is 2.41. The fourth-order valence-electron chi connectivity index (χ4n) is 3.48. The molecular weight excluding hydrogens is 326 g/mol. The molecule has 5 nitrogen and oxygen atoms in total. The number of fused-ring (bicyclic) bond motifs is 2. The number of methoxy groups -OCH3 is 1. The van der Waals surface area contributed by atoms with Crippen molar-refractivity contribution < 1.29 is 9.47 Å². The Morgan fingerprint density at radius 2 is 2.33 bits per heavy atom. The molecule has 0 aliphatic carbocycles. The van der Waals surface area contributed by atoms with Crippen LogP contribution in [0.25, 0.3) is 0 Å². The maximum Gasteiger partial charge on any atom is 0.191 e. The van der Waals surface area contributed by atoms with Gasteiger partial charge >= 0.3 is 0 Å². The zero-order valence-electron chi connectivity index (χ0n) is 14.3. The lowest BCUT2D eigenvalue weighted by Crippen LogP contribution is -2.47. The largest absolute Gasteiger partial charge is 0.375 e. The molecule has 1 aromatic rings. The second kappa shape index (κ2) is 8.19. The topological polar surface area (TPSA) is 54.9 Å². The Bertz CT molecular complexity index is 581. The van der Waals surface area contributed by atoms with Gasteiger partial charge in [0.05, 0.1) is 24.8 Å². The molecule has 0 spiro atoms. The van der Waals surface area contributed by atoms with Crippen molar-refractivity contribution in [1.82, 2.24) is 10.6 Å². The summed E-state index contributed by atoms with van der Waals surface area (Å²) in [5, 5.41) is 7.55. The van der Waals surface area contributed by atoms with Crippen LogP contribution in [-0.4, -0.2) is 44.4 Å². The van der Waals surface area contributed by atoms with Crippen LogP contribution in [0, 0.1) is 0 Å². The maximum absolute atomic E-state index is 6.08. The lowest BCUT2D eigenvalue weighted by Gasteiger charge is -2.23. The third kappa shape index (κ3) is 4.21. The standard InChI is InChI=1S/C18H26ClN3O2/c1-3-20-18(22-15-10-14-7-8-16(15)24-14)21-11-17(23-2)12-5-4-6-13(19)9-12/h4-6,9,14-17H,3,7-8,10-11H2,1-2H3,(H2,20,21,22). The molecule has 2 bridgehead atoms. The molecule has 0 aromatic heterocycles. The van der Waals surface area contributed by atoms with Crippen molar-refractivity contribution in [3.8, 4) is 0 Å². The fraction of sp³-hybridized carbons (Fsp3) is 0.611. The van der Waals surface area contributed by atoms with Crippen molar-refractivity contribution in [2.75, 3.05) is 20.2 Å². The van der Waals surface area contributed by atoms with Gasteiger partial charge in [-0.05, 0) is 43.9 Å². The number of aliphatic imine (C=N–C) groups is 1. The van der Waals surface area contributed by atoms with Crippen molar-refractivity contribution in [3.63, 3.8) is 0 Å². The van der Waals surface area contributed by atoms with E-state index in [2.05, 4.69) is 17.6 Å². The van der Waals surface area contributed by atoms with Gasteiger partial charge in [0.1, 0.15) is 6.10 Å². The Labute approximate surface area is 148 Å². The van der Waals surface area contributed by atoms with Crippen molar-refractivity contribution in [2.24, 2.45) is 4.99 Å². The quantitative estimate of drug-likeness (QED) is 0.611. The van der Waals surface area contributed by atoms with Crippen LogP contribution in [-0.2, 0) is 9.47 Å². The molecule has 0 saturated carbocycles. The van der Waals surface area contributed by atoms with Crippen LogP contribution >= 0.6 is 11.6 Å². The van der Waals surface area contributed by atoms with Gasteiger partial charge in [0.25, 0.3) is 0 Å². The summed E-state index contributed by atoms with van der Waals surface area (Å²) in [5.41, 5.74) is 1.04. The van der Waals surface area contributed by atoms with Crippen LogP contribution in [0.4, 0.5) is 0 Å². The fourth-order valence-corrected chi connectivity index (χ4v) is 3.68. The lowest BCUT2D eigenvalue weighted by atomic mass is 9.96.